The maximum Gasteiger partial charge on any atom is 0.211 e. The second-order valence-electron chi connectivity index (χ2n) is 5.06. The van der Waals surface area contributed by atoms with Gasteiger partial charge in [0.25, 0.3) is 0 Å². The molecule has 0 radical (unpaired) electrons. The van der Waals surface area contributed by atoms with E-state index in [9.17, 15) is 14.9 Å². The van der Waals surface area contributed by atoms with E-state index in [1.54, 1.807) is 24.3 Å². The summed E-state index contributed by atoms with van der Waals surface area (Å²) in [7, 11) is 0. The fourth-order valence-corrected chi connectivity index (χ4v) is 2.31. The highest BCUT2D eigenvalue weighted by Crippen LogP contribution is 2.26. The quantitative estimate of drug-likeness (QED) is 0.461. The molecule has 108 valence electrons. The molecule has 0 amide bonds. The molecule has 0 bridgehead atoms. The number of hydrogen-bond acceptors (Lipinski definition) is 3. The van der Waals surface area contributed by atoms with Gasteiger partial charge < -0.3 is 0 Å². The van der Waals surface area contributed by atoms with E-state index in [0.29, 0.717) is 5.56 Å². The topological polar surface area (TPSA) is 60.2 Å². The average Bonchev–Trinajstić information content (AvgIpc) is 2.53. The molecule has 0 N–H and O–H groups in total. The third kappa shape index (κ3) is 3.75. The Hall–Kier alpha value is -2.49. The third-order valence-corrected chi connectivity index (χ3v) is 3.51. The summed E-state index contributed by atoms with van der Waals surface area (Å²) in [6, 6.07) is 17.4. The lowest BCUT2D eigenvalue weighted by molar-refractivity contribution is -0.519. The first-order chi connectivity index (χ1) is 10.1. The summed E-state index contributed by atoms with van der Waals surface area (Å²) in [6.07, 6.45) is 0.199. The molecule has 21 heavy (non-hydrogen) atoms. The van der Waals surface area contributed by atoms with Gasteiger partial charge in [-0.05, 0) is 5.56 Å². The van der Waals surface area contributed by atoms with Gasteiger partial charge in [-0.15, -0.1) is 0 Å². The molecule has 2 unspecified atom stereocenters. The van der Waals surface area contributed by atoms with Gasteiger partial charge in [0.2, 0.25) is 6.04 Å². The zero-order valence-electron chi connectivity index (χ0n) is 11.8. The molecule has 2 aromatic carbocycles. The summed E-state index contributed by atoms with van der Waals surface area (Å²) in [5, 5.41) is 10.9. The van der Waals surface area contributed by atoms with Crippen LogP contribution in [0.15, 0.2) is 60.7 Å². The Balaban J connectivity index is 2.32. The number of hydrogen-bond donors (Lipinski definition) is 0. The lowest BCUT2D eigenvalue weighted by Gasteiger charge is -2.17. The molecular weight excluding hydrogens is 266 g/mol. The van der Waals surface area contributed by atoms with Gasteiger partial charge in [-0.3, -0.25) is 14.9 Å². The standard InChI is InChI=1S/C17H17NO3/c1-13(18(20)21)12-16(14-8-4-2-5-9-14)17(19)15-10-6-3-7-11-15/h2-11,13,16H,12H2,1H3. The van der Waals surface area contributed by atoms with Crippen molar-refractivity contribution in [2.75, 3.05) is 0 Å². The van der Waals surface area contributed by atoms with Crippen molar-refractivity contribution < 1.29 is 9.72 Å². The summed E-state index contributed by atoms with van der Waals surface area (Å²) in [4.78, 5) is 23.3. The van der Waals surface area contributed by atoms with E-state index in [1.165, 1.54) is 6.92 Å². The summed E-state index contributed by atoms with van der Waals surface area (Å²) in [6.45, 7) is 1.54. The molecule has 0 saturated carbocycles. The normalized spacial score (nSPS) is 13.4. The summed E-state index contributed by atoms with van der Waals surface area (Å²) in [5.74, 6) is -0.565. The molecule has 0 fully saturated rings. The van der Waals surface area contributed by atoms with Crippen LogP contribution in [0, 0.1) is 10.1 Å². The Labute approximate surface area is 123 Å². The number of rotatable bonds is 6. The zero-order chi connectivity index (χ0) is 15.2. The van der Waals surface area contributed by atoms with Crippen molar-refractivity contribution >= 4 is 5.78 Å². The monoisotopic (exact) mass is 283 g/mol. The summed E-state index contributed by atoms with van der Waals surface area (Å²) in [5.41, 5.74) is 1.40. The minimum atomic E-state index is -0.761. The highest BCUT2D eigenvalue weighted by molar-refractivity contribution is 6.00. The maximum atomic E-state index is 12.7. The second-order valence-corrected chi connectivity index (χ2v) is 5.06. The van der Waals surface area contributed by atoms with E-state index >= 15 is 0 Å². The van der Waals surface area contributed by atoms with E-state index in [4.69, 9.17) is 0 Å². The van der Waals surface area contributed by atoms with Gasteiger partial charge in [-0.2, -0.15) is 0 Å². The van der Waals surface area contributed by atoms with Crippen LogP contribution in [0.25, 0.3) is 0 Å². The number of carbonyl (C=O) groups excluding carboxylic acids is 1. The molecule has 2 atom stereocenters. The maximum absolute atomic E-state index is 12.7. The molecular formula is C17H17NO3. The summed E-state index contributed by atoms with van der Waals surface area (Å²) >= 11 is 0. The molecule has 4 nitrogen and oxygen atoms in total. The number of Topliss-reactive ketones (excluding diaryl/α,β-unsaturated/α-hetero) is 1. The fourth-order valence-electron chi connectivity index (χ4n) is 2.31. The Morgan fingerprint density at radius 1 is 1.05 bits per heavy atom. The van der Waals surface area contributed by atoms with Crippen LogP contribution in [0.4, 0.5) is 0 Å². The van der Waals surface area contributed by atoms with E-state index < -0.39 is 12.0 Å². The Bertz CT molecular complexity index is 610. The van der Waals surface area contributed by atoms with Crippen LogP contribution >= 0.6 is 0 Å². The lowest BCUT2D eigenvalue weighted by Crippen LogP contribution is -2.23. The van der Waals surface area contributed by atoms with Crippen LogP contribution in [-0.2, 0) is 0 Å². The van der Waals surface area contributed by atoms with Crippen LogP contribution in [0.5, 0.6) is 0 Å². The molecule has 0 aromatic heterocycles. The van der Waals surface area contributed by atoms with E-state index in [2.05, 4.69) is 0 Å². The third-order valence-electron chi connectivity index (χ3n) is 3.51. The van der Waals surface area contributed by atoms with Gasteiger partial charge in [-0.25, -0.2) is 0 Å². The van der Waals surface area contributed by atoms with Crippen molar-refractivity contribution in [2.45, 2.75) is 25.3 Å². The van der Waals surface area contributed by atoms with Crippen LogP contribution < -0.4 is 0 Å². The van der Waals surface area contributed by atoms with Gasteiger partial charge in [0.05, 0.1) is 5.92 Å². The molecule has 0 spiro atoms. The molecule has 0 heterocycles. The Kier molecular flexibility index (Phi) is 4.82. The average molecular weight is 283 g/mol. The first kappa shape index (κ1) is 14.9. The van der Waals surface area contributed by atoms with Crippen molar-refractivity contribution in [1.82, 2.24) is 0 Å². The number of nitrogens with zero attached hydrogens (tertiary/aromatic N) is 1. The Morgan fingerprint density at radius 3 is 2.10 bits per heavy atom. The molecule has 0 aliphatic heterocycles. The largest absolute Gasteiger partial charge is 0.293 e. The number of carbonyl (C=O) groups is 1. The molecule has 0 saturated heterocycles. The smallest absolute Gasteiger partial charge is 0.211 e. The van der Waals surface area contributed by atoms with Gasteiger partial charge >= 0.3 is 0 Å². The summed E-state index contributed by atoms with van der Waals surface area (Å²) < 4.78 is 0. The molecule has 4 heteroatoms. The van der Waals surface area contributed by atoms with Crippen molar-refractivity contribution in [3.05, 3.63) is 81.9 Å². The van der Waals surface area contributed by atoms with Crippen molar-refractivity contribution in [2.24, 2.45) is 0 Å². The van der Waals surface area contributed by atoms with Crippen LogP contribution in [-0.4, -0.2) is 16.7 Å². The number of benzene rings is 2. The van der Waals surface area contributed by atoms with Crippen LogP contribution in [0.1, 0.15) is 35.2 Å². The number of nitro groups is 1. The van der Waals surface area contributed by atoms with Crippen LogP contribution in [0.3, 0.4) is 0 Å². The first-order valence-electron chi connectivity index (χ1n) is 6.87. The molecule has 2 rings (SSSR count). The predicted octanol–water partition coefficient (Wildman–Crippen LogP) is 3.71. The first-order valence-corrected chi connectivity index (χ1v) is 6.87. The SMILES string of the molecule is CC(CC(C(=O)c1ccccc1)c1ccccc1)[N+](=O)[O-]. The van der Waals surface area contributed by atoms with E-state index in [1.807, 2.05) is 36.4 Å². The molecule has 2 aromatic rings. The fraction of sp³-hybridized carbons (Fsp3) is 0.235. The van der Waals surface area contributed by atoms with Crippen molar-refractivity contribution in [3.8, 4) is 0 Å². The zero-order valence-corrected chi connectivity index (χ0v) is 11.8. The highest BCUT2D eigenvalue weighted by Gasteiger charge is 2.28. The second kappa shape index (κ2) is 6.79. The van der Waals surface area contributed by atoms with Gasteiger partial charge in [0.1, 0.15) is 0 Å². The van der Waals surface area contributed by atoms with Gasteiger partial charge in [0.15, 0.2) is 5.78 Å². The van der Waals surface area contributed by atoms with E-state index in [-0.39, 0.29) is 17.1 Å². The van der Waals surface area contributed by atoms with E-state index in [0.717, 1.165) is 5.56 Å². The minimum absolute atomic E-state index is 0.0736. The molecule has 0 aliphatic carbocycles. The lowest BCUT2D eigenvalue weighted by atomic mass is 9.86. The highest BCUT2D eigenvalue weighted by atomic mass is 16.6. The van der Waals surface area contributed by atoms with Gasteiger partial charge in [-0.1, -0.05) is 60.7 Å². The van der Waals surface area contributed by atoms with Gasteiger partial charge in [0, 0.05) is 23.8 Å². The van der Waals surface area contributed by atoms with Crippen molar-refractivity contribution in [3.63, 3.8) is 0 Å². The minimum Gasteiger partial charge on any atom is -0.293 e. The molecule has 0 aliphatic rings. The van der Waals surface area contributed by atoms with Crippen LogP contribution in [0.2, 0.25) is 0 Å². The number of ketones is 1. The Morgan fingerprint density at radius 2 is 1.57 bits per heavy atom. The predicted molar refractivity (Wildman–Crippen MR) is 81.0 cm³/mol. The van der Waals surface area contributed by atoms with Crippen molar-refractivity contribution in [1.29, 1.82) is 0 Å².